The van der Waals surface area contributed by atoms with E-state index >= 15 is 0 Å². The third kappa shape index (κ3) is 5.82. The second kappa shape index (κ2) is 6.57. The van der Waals surface area contributed by atoms with Crippen molar-refractivity contribution in [2.24, 2.45) is 28.9 Å². The maximum Gasteiger partial charge on any atom is 0.147 e. The Hall–Kier alpha value is -0.0900. The third-order valence-corrected chi connectivity index (χ3v) is 5.79. The van der Waals surface area contributed by atoms with Crippen molar-refractivity contribution < 1.29 is 8.42 Å². The molecule has 1 saturated carbocycles. The number of hydrogen-bond acceptors (Lipinski definition) is 3. The molecule has 1 fully saturated rings. The van der Waals surface area contributed by atoms with Crippen molar-refractivity contribution in [3.05, 3.63) is 0 Å². The highest BCUT2D eigenvalue weighted by atomic mass is 32.2. The lowest BCUT2D eigenvalue weighted by Crippen LogP contribution is -2.35. The summed E-state index contributed by atoms with van der Waals surface area (Å²) in [4.78, 5) is 0. The largest absolute Gasteiger partial charge is 0.330 e. The van der Waals surface area contributed by atoms with E-state index in [1.165, 1.54) is 25.5 Å². The summed E-state index contributed by atoms with van der Waals surface area (Å²) < 4.78 is 22.4. The second-order valence-electron chi connectivity index (χ2n) is 7.40. The van der Waals surface area contributed by atoms with Gasteiger partial charge in [0.05, 0.1) is 0 Å². The highest BCUT2D eigenvalue weighted by Gasteiger charge is 2.34. The summed E-state index contributed by atoms with van der Waals surface area (Å²) in [5, 5.41) is 0. The predicted octanol–water partition coefficient (Wildman–Crippen LogP) is 2.85. The Bertz CT molecular complexity index is 370. The molecule has 0 spiro atoms. The summed E-state index contributed by atoms with van der Waals surface area (Å²) in [6, 6.07) is 0. The van der Waals surface area contributed by atoms with Gasteiger partial charge in [0.25, 0.3) is 0 Å². The van der Waals surface area contributed by atoms with Crippen molar-refractivity contribution in [2.75, 3.05) is 18.6 Å². The predicted molar refractivity (Wildman–Crippen MR) is 81.8 cm³/mol. The molecule has 1 rings (SSSR count). The number of rotatable bonds is 5. The van der Waals surface area contributed by atoms with Gasteiger partial charge in [-0.05, 0) is 61.8 Å². The molecule has 3 nitrogen and oxygen atoms in total. The summed E-state index contributed by atoms with van der Waals surface area (Å²) in [7, 11) is -2.82. The van der Waals surface area contributed by atoms with E-state index in [0.29, 0.717) is 23.0 Å². The van der Waals surface area contributed by atoms with Gasteiger partial charge in [0.2, 0.25) is 0 Å². The van der Waals surface area contributed by atoms with Crippen LogP contribution in [0.25, 0.3) is 0 Å². The van der Waals surface area contributed by atoms with Gasteiger partial charge in [0.15, 0.2) is 0 Å². The summed E-state index contributed by atoms with van der Waals surface area (Å²) >= 11 is 0. The zero-order valence-electron chi connectivity index (χ0n) is 13.0. The van der Waals surface area contributed by atoms with E-state index < -0.39 is 9.84 Å². The zero-order valence-corrected chi connectivity index (χ0v) is 13.8. The van der Waals surface area contributed by atoms with Crippen LogP contribution in [0.3, 0.4) is 0 Å². The van der Waals surface area contributed by atoms with Crippen molar-refractivity contribution in [1.29, 1.82) is 0 Å². The molecule has 0 radical (unpaired) electrons. The average molecular weight is 289 g/mol. The summed E-state index contributed by atoms with van der Waals surface area (Å²) in [5.74, 6) is 2.28. The van der Waals surface area contributed by atoms with Crippen LogP contribution in [0.15, 0.2) is 0 Å². The minimum absolute atomic E-state index is 0.320. The highest BCUT2D eigenvalue weighted by molar-refractivity contribution is 7.90. The van der Waals surface area contributed by atoms with Crippen molar-refractivity contribution in [3.63, 3.8) is 0 Å². The Morgan fingerprint density at radius 2 is 1.79 bits per heavy atom. The van der Waals surface area contributed by atoms with Crippen LogP contribution in [-0.4, -0.2) is 27.0 Å². The first-order valence-electron chi connectivity index (χ1n) is 7.51. The van der Waals surface area contributed by atoms with Crippen LogP contribution in [0, 0.1) is 23.2 Å². The second-order valence-corrected chi connectivity index (χ2v) is 9.66. The first-order valence-corrected chi connectivity index (χ1v) is 9.57. The fourth-order valence-electron chi connectivity index (χ4n) is 3.38. The van der Waals surface area contributed by atoms with Crippen LogP contribution < -0.4 is 5.73 Å². The lowest BCUT2D eigenvalue weighted by Gasteiger charge is -2.41. The molecule has 0 heterocycles. The third-order valence-electron chi connectivity index (χ3n) is 4.76. The smallest absolute Gasteiger partial charge is 0.147 e. The van der Waals surface area contributed by atoms with Crippen LogP contribution in [0.2, 0.25) is 0 Å². The fraction of sp³-hybridized carbons (Fsp3) is 1.00. The SMILES string of the molecule is CC(C)(C)C1CCC(CN)C(CCCS(C)(=O)=O)C1. The minimum Gasteiger partial charge on any atom is -0.330 e. The molecule has 114 valence electrons. The fourth-order valence-corrected chi connectivity index (χ4v) is 4.08. The van der Waals surface area contributed by atoms with Crippen molar-refractivity contribution in [3.8, 4) is 0 Å². The van der Waals surface area contributed by atoms with Crippen molar-refractivity contribution >= 4 is 9.84 Å². The summed E-state index contributed by atoms with van der Waals surface area (Å²) in [6.45, 7) is 7.69. The molecule has 4 heteroatoms. The lowest BCUT2D eigenvalue weighted by molar-refractivity contribution is 0.0961. The van der Waals surface area contributed by atoms with Gasteiger partial charge >= 0.3 is 0 Å². The van der Waals surface area contributed by atoms with Gasteiger partial charge in [-0.1, -0.05) is 20.8 Å². The normalized spacial score (nSPS) is 29.4. The van der Waals surface area contributed by atoms with E-state index in [-0.39, 0.29) is 0 Å². The van der Waals surface area contributed by atoms with Gasteiger partial charge in [-0.25, -0.2) is 8.42 Å². The average Bonchev–Trinajstić information content (AvgIpc) is 2.26. The van der Waals surface area contributed by atoms with Crippen LogP contribution in [-0.2, 0) is 9.84 Å². The van der Waals surface area contributed by atoms with Gasteiger partial charge < -0.3 is 5.73 Å². The Balaban J connectivity index is 2.55. The van der Waals surface area contributed by atoms with E-state index in [4.69, 9.17) is 5.73 Å². The molecule has 3 atom stereocenters. The van der Waals surface area contributed by atoms with Crippen LogP contribution in [0.5, 0.6) is 0 Å². The van der Waals surface area contributed by atoms with Gasteiger partial charge in [0, 0.05) is 12.0 Å². The minimum atomic E-state index is -2.82. The van der Waals surface area contributed by atoms with E-state index in [2.05, 4.69) is 20.8 Å². The maximum atomic E-state index is 11.2. The van der Waals surface area contributed by atoms with Gasteiger partial charge in [0.1, 0.15) is 9.84 Å². The molecule has 0 saturated heterocycles. The van der Waals surface area contributed by atoms with Gasteiger partial charge in [-0.15, -0.1) is 0 Å². The lowest BCUT2D eigenvalue weighted by atomic mass is 9.64. The molecule has 3 unspecified atom stereocenters. The van der Waals surface area contributed by atoms with Crippen LogP contribution in [0.1, 0.15) is 52.9 Å². The molecular weight excluding hydrogens is 258 g/mol. The maximum absolute atomic E-state index is 11.2. The molecule has 2 N–H and O–H groups in total. The molecule has 1 aliphatic carbocycles. The Morgan fingerprint density at radius 1 is 1.16 bits per heavy atom. The summed E-state index contributed by atoms with van der Waals surface area (Å²) in [6.07, 6.45) is 6.83. The molecule has 0 aromatic carbocycles. The first kappa shape index (κ1) is 17.0. The van der Waals surface area contributed by atoms with E-state index in [0.717, 1.165) is 25.3 Å². The van der Waals surface area contributed by atoms with Crippen molar-refractivity contribution in [1.82, 2.24) is 0 Å². The Labute approximate surface area is 119 Å². The molecule has 0 bridgehead atoms. The molecule has 0 aromatic rings. The number of hydrogen-bond donors (Lipinski definition) is 1. The molecule has 0 aliphatic heterocycles. The standard InChI is InChI=1S/C15H31NO2S/c1-15(2,3)14-8-7-13(11-16)12(10-14)6-5-9-19(4,17)18/h12-14H,5-11,16H2,1-4H3. The van der Waals surface area contributed by atoms with Gasteiger partial charge in [-0.2, -0.15) is 0 Å². The van der Waals surface area contributed by atoms with Gasteiger partial charge in [-0.3, -0.25) is 0 Å². The molecule has 0 amide bonds. The monoisotopic (exact) mass is 289 g/mol. The first-order chi connectivity index (χ1) is 8.63. The number of sulfone groups is 1. The van der Waals surface area contributed by atoms with E-state index in [9.17, 15) is 8.42 Å². The molecule has 0 aromatic heterocycles. The van der Waals surface area contributed by atoms with Crippen LogP contribution >= 0.6 is 0 Å². The van der Waals surface area contributed by atoms with Crippen LogP contribution in [0.4, 0.5) is 0 Å². The number of nitrogens with two attached hydrogens (primary N) is 1. The zero-order chi connectivity index (χ0) is 14.7. The molecular formula is C15H31NO2S. The topological polar surface area (TPSA) is 60.2 Å². The quantitative estimate of drug-likeness (QED) is 0.846. The molecule has 19 heavy (non-hydrogen) atoms. The van der Waals surface area contributed by atoms with E-state index in [1.54, 1.807) is 0 Å². The summed E-state index contributed by atoms with van der Waals surface area (Å²) in [5.41, 5.74) is 6.24. The molecule has 1 aliphatic rings. The van der Waals surface area contributed by atoms with E-state index in [1.807, 2.05) is 0 Å². The highest BCUT2D eigenvalue weighted by Crippen LogP contribution is 2.43. The van der Waals surface area contributed by atoms with Crippen molar-refractivity contribution in [2.45, 2.75) is 52.9 Å². The Morgan fingerprint density at radius 3 is 2.26 bits per heavy atom. The Kier molecular flexibility index (Phi) is 5.87.